The molecule has 3 atom stereocenters. The second-order valence-electron chi connectivity index (χ2n) is 9.70. The maximum atomic E-state index is 13.0. The second kappa shape index (κ2) is 8.39. The van der Waals surface area contributed by atoms with Gasteiger partial charge < -0.3 is 15.1 Å². The summed E-state index contributed by atoms with van der Waals surface area (Å²) in [7, 11) is 0. The van der Waals surface area contributed by atoms with E-state index in [0.29, 0.717) is 36.0 Å². The summed E-state index contributed by atoms with van der Waals surface area (Å²) in [5.41, 5.74) is 1.00. The van der Waals surface area contributed by atoms with Gasteiger partial charge in [0.2, 0.25) is 11.9 Å². The number of fused-ring (bicyclic) bond motifs is 3. The summed E-state index contributed by atoms with van der Waals surface area (Å²) >= 11 is 0. The smallest absolute Gasteiger partial charge is 0.356 e. The van der Waals surface area contributed by atoms with Crippen LogP contribution >= 0.6 is 0 Å². The highest BCUT2D eigenvalue weighted by Gasteiger charge is 2.43. The summed E-state index contributed by atoms with van der Waals surface area (Å²) in [6, 6.07) is 7.57. The molecule has 4 heterocycles. The summed E-state index contributed by atoms with van der Waals surface area (Å²) in [5.74, 6) is 3.17. The van der Waals surface area contributed by atoms with Gasteiger partial charge in [-0.15, -0.1) is 5.10 Å². The van der Waals surface area contributed by atoms with Crippen LogP contribution in [0.4, 0.5) is 36.6 Å². The van der Waals surface area contributed by atoms with Crippen molar-refractivity contribution in [1.82, 2.24) is 24.7 Å². The van der Waals surface area contributed by atoms with E-state index in [1.54, 1.807) is 6.33 Å². The number of nitrogens with zero attached hydrogens (tertiary/aromatic N) is 7. The van der Waals surface area contributed by atoms with Crippen LogP contribution in [-0.4, -0.2) is 50.4 Å². The van der Waals surface area contributed by atoms with Crippen molar-refractivity contribution in [3.63, 3.8) is 0 Å². The number of benzene rings is 1. The van der Waals surface area contributed by atoms with E-state index in [1.807, 2.05) is 22.6 Å². The summed E-state index contributed by atoms with van der Waals surface area (Å²) in [5, 5.41) is 8.31. The Bertz CT molecular complexity index is 1190. The Hall–Kier alpha value is -3.37. The minimum atomic E-state index is -4.35. The molecule has 2 aromatic heterocycles. The van der Waals surface area contributed by atoms with Gasteiger partial charge in [0.25, 0.3) is 0 Å². The SMILES string of the molecule is Cc1cc(N2C[C@H]3CC[C@@H](C2)[C@H]3Nc2nc3n(n2)CCCN3c2ccc(C(F)(F)F)cc2)ncn1. The van der Waals surface area contributed by atoms with Crippen LogP contribution in [0.2, 0.25) is 0 Å². The van der Waals surface area contributed by atoms with Crippen LogP contribution in [0, 0.1) is 18.8 Å². The maximum absolute atomic E-state index is 13.0. The fraction of sp³-hybridized carbons (Fsp3) is 0.500. The Morgan fingerprint density at radius 1 is 1.00 bits per heavy atom. The molecule has 1 N–H and O–H groups in total. The quantitative estimate of drug-likeness (QED) is 0.593. The van der Waals surface area contributed by atoms with E-state index in [-0.39, 0.29) is 6.04 Å². The molecule has 6 rings (SSSR count). The normalized spacial score (nSPS) is 23.9. The fourth-order valence-corrected chi connectivity index (χ4v) is 5.71. The van der Waals surface area contributed by atoms with Crippen molar-refractivity contribution < 1.29 is 13.2 Å². The summed E-state index contributed by atoms with van der Waals surface area (Å²) in [6.07, 6.45) is 0.415. The van der Waals surface area contributed by atoms with Gasteiger partial charge in [0, 0.05) is 49.7 Å². The van der Waals surface area contributed by atoms with Gasteiger partial charge in [0.1, 0.15) is 12.1 Å². The van der Waals surface area contributed by atoms with Gasteiger partial charge in [0.05, 0.1) is 5.56 Å². The van der Waals surface area contributed by atoms with Gasteiger partial charge in [-0.25, -0.2) is 14.6 Å². The molecule has 2 fully saturated rings. The monoisotopic (exact) mass is 484 g/mol. The first-order chi connectivity index (χ1) is 16.8. The number of alkyl halides is 3. The Morgan fingerprint density at radius 2 is 1.74 bits per heavy atom. The van der Waals surface area contributed by atoms with E-state index in [9.17, 15) is 13.2 Å². The predicted molar refractivity (Wildman–Crippen MR) is 126 cm³/mol. The number of aryl methyl sites for hydroxylation is 2. The zero-order valence-corrected chi connectivity index (χ0v) is 19.4. The highest BCUT2D eigenvalue weighted by atomic mass is 19.4. The molecule has 184 valence electrons. The average Bonchev–Trinajstić information content (AvgIpc) is 3.34. The lowest BCUT2D eigenvalue weighted by Crippen LogP contribution is -2.48. The Labute approximate surface area is 201 Å². The largest absolute Gasteiger partial charge is 0.416 e. The number of halogens is 3. The molecule has 3 aliphatic rings. The van der Waals surface area contributed by atoms with Crippen molar-refractivity contribution in [2.45, 2.75) is 44.9 Å². The third-order valence-corrected chi connectivity index (χ3v) is 7.39. The molecule has 1 aliphatic carbocycles. The lowest BCUT2D eigenvalue weighted by atomic mass is 9.92. The highest BCUT2D eigenvalue weighted by molar-refractivity contribution is 5.60. The molecule has 0 amide bonds. The molecule has 1 saturated heterocycles. The molecule has 1 saturated carbocycles. The first kappa shape index (κ1) is 22.1. The summed E-state index contributed by atoms with van der Waals surface area (Å²) in [4.78, 5) is 17.7. The van der Waals surface area contributed by atoms with Crippen LogP contribution in [0.25, 0.3) is 0 Å². The minimum Gasteiger partial charge on any atom is -0.356 e. The summed E-state index contributed by atoms with van der Waals surface area (Å²) < 4.78 is 40.8. The van der Waals surface area contributed by atoms with Crippen molar-refractivity contribution >= 4 is 23.4 Å². The van der Waals surface area contributed by atoms with Gasteiger partial charge in [-0.2, -0.15) is 18.2 Å². The maximum Gasteiger partial charge on any atom is 0.416 e. The van der Waals surface area contributed by atoms with Crippen LogP contribution in [-0.2, 0) is 12.7 Å². The molecule has 0 unspecified atom stereocenters. The number of rotatable bonds is 4. The molecule has 2 bridgehead atoms. The molecule has 0 spiro atoms. The van der Waals surface area contributed by atoms with Crippen LogP contribution in [0.1, 0.15) is 30.5 Å². The van der Waals surface area contributed by atoms with Crippen LogP contribution < -0.4 is 15.1 Å². The minimum absolute atomic E-state index is 0.290. The van der Waals surface area contributed by atoms with Gasteiger partial charge in [0.15, 0.2) is 0 Å². The van der Waals surface area contributed by atoms with Crippen molar-refractivity contribution in [2.75, 3.05) is 34.8 Å². The molecule has 1 aromatic carbocycles. The van der Waals surface area contributed by atoms with Gasteiger partial charge in [-0.3, -0.25) is 0 Å². The number of anilines is 4. The highest BCUT2D eigenvalue weighted by Crippen LogP contribution is 2.40. The standard InChI is InChI=1S/C24H27F3N8/c1-15-11-20(29-14-28-15)33-12-16-3-4-17(13-33)21(16)30-22-31-23-34(9-2-10-35(23)32-22)19-7-5-18(6-8-19)24(25,26)27/h5-8,11,14,16-17,21H,2-4,9-10,12-13H2,1H3,(H,30,32)/t16-,17+,21+. The second-order valence-corrected chi connectivity index (χ2v) is 9.70. The third kappa shape index (κ3) is 4.17. The van der Waals surface area contributed by atoms with Gasteiger partial charge in [-0.05, 0) is 62.3 Å². The molecule has 0 radical (unpaired) electrons. The van der Waals surface area contributed by atoms with E-state index < -0.39 is 11.7 Å². The molecule has 3 aromatic rings. The van der Waals surface area contributed by atoms with Crippen molar-refractivity contribution in [1.29, 1.82) is 0 Å². The molecule has 35 heavy (non-hydrogen) atoms. The van der Waals surface area contributed by atoms with E-state index >= 15 is 0 Å². The first-order valence-electron chi connectivity index (χ1n) is 12.0. The fourth-order valence-electron chi connectivity index (χ4n) is 5.71. The molecular weight excluding hydrogens is 457 g/mol. The van der Waals surface area contributed by atoms with Crippen LogP contribution in [0.3, 0.4) is 0 Å². The zero-order valence-electron chi connectivity index (χ0n) is 19.4. The molecule has 2 aliphatic heterocycles. The number of piperidine rings is 1. The third-order valence-electron chi connectivity index (χ3n) is 7.39. The molecule has 11 heteroatoms. The van der Waals surface area contributed by atoms with Crippen molar-refractivity contribution in [3.05, 3.63) is 47.9 Å². The lowest BCUT2D eigenvalue weighted by Gasteiger charge is -2.38. The number of aromatic nitrogens is 5. The van der Waals surface area contributed by atoms with Crippen molar-refractivity contribution in [3.8, 4) is 0 Å². The van der Waals surface area contributed by atoms with E-state index in [0.717, 1.165) is 62.5 Å². The van der Waals surface area contributed by atoms with Crippen molar-refractivity contribution in [2.24, 2.45) is 11.8 Å². The van der Waals surface area contributed by atoms with E-state index in [2.05, 4.69) is 20.2 Å². The van der Waals surface area contributed by atoms with Gasteiger partial charge >= 0.3 is 6.18 Å². The predicted octanol–water partition coefficient (Wildman–Crippen LogP) is 4.26. The first-order valence-corrected chi connectivity index (χ1v) is 12.0. The van der Waals surface area contributed by atoms with E-state index in [1.165, 1.54) is 12.1 Å². The number of nitrogens with one attached hydrogen (secondary N) is 1. The average molecular weight is 485 g/mol. The summed E-state index contributed by atoms with van der Waals surface area (Å²) in [6.45, 7) is 5.25. The molecular formula is C24H27F3N8. The Morgan fingerprint density at radius 3 is 2.43 bits per heavy atom. The Kier molecular flexibility index (Phi) is 5.30. The Balaban J connectivity index is 1.19. The molecule has 8 nitrogen and oxygen atoms in total. The topological polar surface area (TPSA) is 75.0 Å². The van der Waals surface area contributed by atoms with E-state index in [4.69, 9.17) is 10.1 Å². The van der Waals surface area contributed by atoms with Gasteiger partial charge in [-0.1, -0.05) is 0 Å². The lowest BCUT2D eigenvalue weighted by molar-refractivity contribution is -0.137. The number of hydrogen-bond acceptors (Lipinski definition) is 7. The van der Waals surface area contributed by atoms with Crippen LogP contribution in [0.15, 0.2) is 36.7 Å². The number of hydrogen-bond donors (Lipinski definition) is 1. The zero-order chi connectivity index (χ0) is 24.2. The van der Waals surface area contributed by atoms with Crippen LogP contribution in [0.5, 0.6) is 0 Å².